The topological polar surface area (TPSA) is 81.8 Å². The van der Waals surface area contributed by atoms with Gasteiger partial charge in [0.15, 0.2) is 5.76 Å². The van der Waals surface area contributed by atoms with Gasteiger partial charge in [-0.1, -0.05) is 47.1 Å². The second-order valence-corrected chi connectivity index (χ2v) is 12.5. The third-order valence-electron chi connectivity index (χ3n) is 7.56. The van der Waals surface area contributed by atoms with Gasteiger partial charge >= 0.3 is 6.09 Å². The number of hydrogen-bond donors (Lipinski definition) is 1. The van der Waals surface area contributed by atoms with Crippen molar-refractivity contribution >= 4 is 39.9 Å². The number of piperidine rings is 1. The summed E-state index contributed by atoms with van der Waals surface area (Å²) in [5, 5.41) is 8.24. The molecule has 10 heteroatoms. The van der Waals surface area contributed by atoms with E-state index < -0.39 is 6.09 Å². The molecule has 2 aromatic carbocycles. The molecule has 1 fully saturated rings. The number of rotatable bonds is 9. The van der Waals surface area contributed by atoms with Crippen LogP contribution >= 0.6 is 22.9 Å². The molecule has 1 N–H and O–H groups in total. The molecule has 0 atom stereocenters. The summed E-state index contributed by atoms with van der Waals surface area (Å²) in [4.78, 5) is 16.4. The van der Waals surface area contributed by atoms with E-state index in [2.05, 4.69) is 29.2 Å². The average Bonchev–Trinajstić information content (AvgIpc) is 3.72. The maximum atomic E-state index is 13.1. The van der Waals surface area contributed by atoms with Gasteiger partial charge in [0, 0.05) is 42.7 Å². The van der Waals surface area contributed by atoms with Gasteiger partial charge in [-0.05, 0) is 62.6 Å². The standard InChI is InChI=1S/C32H33ClN4O4S/c1-21(2)36-14-12-24(13-15-36)34-32(38)40-31-17-23-16-26(39-20-22-6-4-3-5-7-22)8-9-27(23)37(31)19-25-18-28(41-35-25)29-10-11-30(33)42-29/h3-11,16-18,21,24H,12-15,19-20H2,1-2H3,(H,34,38). The van der Waals surface area contributed by atoms with E-state index in [1.807, 2.05) is 77.4 Å². The van der Waals surface area contributed by atoms with Crippen molar-refractivity contribution in [1.82, 2.24) is 19.9 Å². The summed E-state index contributed by atoms with van der Waals surface area (Å²) in [6.07, 6.45) is 1.33. The number of fused-ring (bicyclic) bond motifs is 1. The number of halogens is 1. The van der Waals surface area contributed by atoms with Gasteiger partial charge in [0.25, 0.3) is 0 Å². The second kappa shape index (κ2) is 12.6. The zero-order valence-electron chi connectivity index (χ0n) is 23.6. The minimum Gasteiger partial charge on any atom is -0.489 e. The van der Waals surface area contributed by atoms with Crippen LogP contribution in [0.4, 0.5) is 4.79 Å². The summed E-state index contributed by atoms with van der Waals surface area (Å²) in [7, 11) is 0. The number of aromatic nitrogens is 2. The van der Waals surface area contributed by atoms with Gasteiger partial charge < -0.3 is 28.8 Å². The zero-order valence-corrected chi connectivity index (χ0v) is 25.2. The predicted octanol–water partition coefficient (Wildman–Crippen LogP) is 7.60. The fourth-order valence-corrected chi connectivity index (χ4v) is 6.26. The van der Waals surface area contributed by atoms with Gasteiger partial charge in [0.2, 0.25) is 5.88 Å². The van der Waals surface area contributed by atoms with Crippen LogP contribution in [0.5, 0.6) is 11.6 Å². The van der Waals surface area contributed by atoms with E-state index in [0.717, 1.165) is 53.0 Å². The molecule has 0 aliphatic carbocycles. The smallest absolute Gasteiger partial charge is 0.414 e. The van der Waals surface area contributed by atoms with Crippen molar-refractivity contribution in [3.63, 3.8) is 0 Å². The lowest BCUT2D eigenvalue weighted by Gasteiger charge is -2.34. The van der Waals surface area contributed by atoms with Crippen LogP contribution in [0.25, 0.3) is 21.5 Å². The minimum atomic E-state index is -0.461. The highest BCUT2D eigenvalue weighted by Gasteiger charge is 2.24. The lowest BCUT2D eigenvalue weighted by Crippen LogP contribution is -2.47. The van der Waals surface area contributed by atoms with Gasteiger partial charge in [-0.2, -0.15) is 0 Å². The highest BCUT2D eigenvalue weighted by molar-refractivity contribution is 7.19. The minimum absolute atomic E-state index is 0.0824. The molecule has 5 aromatic rings. The quantitative estimate of drug-likeness (QED) is 0.187. The Hall–Kier alpha value is -3.79. The predicted molar refractivity (Wildman–Crippen MR) is 166 cm³/mol. The van der Waals surface area contributed by atoms with Crippen molar-refractivity contribution in [2.24, 2.45) is 0 Å². The lowest BCUT2D eigenvalue weighted by molar-refractivity contribution is 0.151. The molecule has 1 aliphatic heterocycles. The zero-order chi connectivity index (χ0) is 29.1. The van der Waals surface area contributed by atoms with Crippen LogP contribution in [0.3, 0.4) is 0 Å². The number of amides is 1. The first-order valence-corrected chi connectivity index (χ1v) is 15.3. The lowest BCUT2D eigenvalue weighted by atomic mass is 10.0. The Morgan fingerprint density at radius 2 is 1.90 bits per heavy atom. The molecule has 1 aliphatic rings. The Labute approximate surface area is 253 Å². The maximum Gasteiger partial charge on any atom is 0.414 e. The third kappa shape index (κ3) is 6.64. The molecule has 8 nitrogen and oxygen atoms in total. The van der Waals surface area contributed by atoms with E-state index in [1.165, 1.54) is 11.3 Å². The molecule has 0 bridgehead atoms. The number of nitrogens with zero attached hydrogens (tertiary/aromatic N) is 3. The monoisotopic (exact) mass is 604 g/mol. The van der Waals surface area contributed by atoms with E-state index in [1.54, 1.807) is 0 Å². The highest BCUT2D eigenvalue weighted by atomic mass is 35.5. The summed E-state index contributed by atoms with van der Waals surface area (Å²) >= 11 is 7.54. The molecule has 4 heterocycles. The fourth-order valence-electron chi connectivity index (χ4n) is 5.26. The molecule has 0 saturated carbocycles. The number of nitrogens with one attached hydrogen (secondary N) is 1. The normalized spacial score (nSPS) is 14.5. The van der Waals surface area contributed by atoms with E-state index >= 15 is 0 Å². The van der Waals surface area contributed by atoms with Gasteiger partial charge in [-0.3, -0.25) is 0 Å². The number of thiophene rings is 1. The summed E-state index contributed by atoms with van der Waals surface area (Å²) in [5.74, 6) is 1.80. The molecule has 0 spiro atoms. The SMILES string of the molecule is CC(C)N1CCC(NC(=O)Oc2cc3cc(OCc4ccccc4)ccc3n2Cc2cc(-c3ccc(Cl)s3)on2)CC1. The average molecular weight is 605 g/mol. The molecular formula is C32H33ClN4O4S. The number of benzene rings is 2. The van der Waals surface area contributed by atoms with Crippen LogP contribution in [0.1, 0.15) is 37.9 Å². The third-order valence-corrected chi connectivity index (χ3v) is 8.80. The van der Waals surface area contributed by atoms with Crippen molar-refractivity contribution < 1.29 is 18.8 Å². The summed E-state index contributed by atoms with van der Waals surface area (Å²) in [6, 6.07) is 24.0. The van der Waals surface area contributed by atoms with Crippen molar-refractivity contribution in [3.8, 4) is 22.3 Å². The van der Waals surface area contributed by atoms with Gasteiger partial charge in [-0.15, -0.1) is 11.3 Å². The highest BCUT2D eigenvalue weighted by Crippen LogP contribution is 2.33. The number of carbonyl (C=O) groups excluding carboxylic acids is 1. The van der Waals surface area contributed by atoms with Crippen LogP contribution in [-0.4, -0.2) is 45.9 Å². The Balaban J connectivity index is 1.22. The first-order chi connectivity index (χ1) is 20.4. The van der Waals surface area contributed by atoms with Crippen LogP contribution < -0.4 is 14.8 Å². The molecule has 218 valence electrons. The molecular weight excluding hydrogens is 572 g/mol. The number of ether oxygens (including phenoxy) is 2. The van der Waals surface area contributed by atoms with E-state index in [0.29, 0.717) is 40.9 Å². The van der Waals surface area contributed by atoms with E-state index in [4.69, 9.17) is 25.6 Å². The first-order valence-electron chi connectivity index (χ1n) is 14.1. The van der Waals surface area contributed by atoms with Gasteiger partial charge in [0.05, 0.1) is 21.3 Å². The maximum absolute atomic E-state index is 13.1. The Morgan fingerprint density at radius 3 is 2.64 bits per heavy atom. The molecule has 6 rings (SSSR count). The van der Waals surface area contributed by atoms with Crippen molar-refractivity contribution in [2.75, 3.05) is 13.1 Å². The van der Waals surface area contributed by atoms with Crippen LogP contribution in [0.2, 0.25) is 4.34 Å². The van der Waals surface area contributed by atoms with Crippen LogP contribution in [0.15, 0.2) is 77.3 Å². The molecule has 1 amide bonds. The molecule has 0 radical (unpaired) electrons. The summed E-state index contributed by atoms with van der Waals surface area (Å²) < 4.78 is 20.2. The number of carbonyl (C=O) groups is 1. The second-order valence-electron chi connectivity index (χ2n) is 10.8. The number of likely N-dealkylation sites (tertiary alicyclic amines) is 1. The first kappa shape index (κ1) is 28.3. The van der Waals surface area contributed by atoms with E-state index in [9.17, 15) is 4.79 Å². The number of hydrogen-bond acceptors (Lipinski definition) is 7. The summed E-state index contributed by atoms with van der Waals surface area (Å²) in [6.45, 7) is 7.13. The largest absolute Gasteiger partial charge is 0.489 e. The molecule has 0 unspecified atom stereocenters. The van der Waals surface area contributed by atoms with Gasteiger partial charge in [-0.25, -0.2) is 4.79 Å². The van der Waals surface area contributed by atoms with Crippen LogP contribution in [0, 0.1) is 0 Å². The van der Waals surface area contributed by atoms with Crippen molar-refractivity contribution in [3.05, 3.63) is 88.4 Å². The van der Waals surface area contributed by atoms with Crippen LogP contribution in [-0.2, 0) is 13.2 Å². The Kier molecular flexibility index (Phi) is 8.51. The Bertz CT molecular complexity index is 1650. The fraction of sp³-hybridized carbons (Fsp3) is 0.312. The van der Waals surface area contributed by atoms with Crippen molar-refractivity contribution in [1.29, 1.82) is 0 Å². The molecule has 1 saturated heterocycles. The Morgan fingerprint density at radius 1 is 1.10 bits per heavy atom. The van der Waals surface area contributed by atoms with E-state index in [-0.39, 0.29) is 6.04 Å². The molecule has 42 heavy (non-hydrogen) atoms. The van der Waals surface area contributed by atoms with Gasteiger partial charge in [0.1, 0.15) is 18.1 Å². The van der Waals surface area contributed by atoms with Crippen molar-refractivity contribution in [2.45, 2.75) is 51.9 Å². The molecule has 3 aromatic heterocycles. The summed E-state index contributed by atoms with van der Waals surface area (Å²) in [5.41, 5.74) is 2.67.